The third kappa shape index (κ3) is 4.94. The summed E-state index contributed by atoms with van der Waals surface area (Å²) in [5.41, 5.74) is 2.92. The molecule has 2 aromatic rings. The molecule has 0 saturated carbocycles. The van der Waals surface area contributed by atoms with Crippen molar-refractivity contribution in [3.8, 4) is 17.2 Å². The zero-order valence-electron chi connectivity index (χ0n) is 18.2. The second kappa shape index (κ2) is 9.57. The highest BCUT2D eigenvalue weighted by Gasteiger charge is 2.26. The van der Waals surface area contributed by atoms with Gasteiger partial charge in [-0.3, -0.25) is 4.79 Å². The molecule has 1 aliphatic rings. The number of hydrogen-bond acceptors (Lipinski definition) is 6. The van der Waals surface area contributed by atoms with Crippen LogP contribution < -0.4 is 19.5 Å². The monoisotopic (exact) mass is 448 g/mol. The molecule has 168 valence electrons. The van der Waals surface area contributed by atoms with Crippen LogP contribution in [0.2, 0.25) is 0 Å². The summed E-state index contributed by atoms with van der Waals surface area (Å²) in [7, 11) is 1.20. The summed E-state index contributed by atoms with van der Waals surface area (Å²) in [4.78, 5) is 12.9. The number of anilines is 1. The maximum absolute atomic E-state index is 12.9. The van der Waals surface area contributed by atoms with Crippen LogP contribution in [-0.2, 0) is 23.0 Å². The number of nitrogens with one attached hydrogen (secondary N) is 1. The van der Waals surface area contributed by atoms with Crippen LogP contribution >= 0.6 is 0 Å². The molecule has 9 heteroatoms. The van der Waals surface area contributed by atoms with Gasteiger partial charge in [-0.1, -0.05) is 13.0 Å². The van der Waals surface area contributed by atoms with E-state index in [1.165, 1.54) is 25.6 Å². The van der Waals surface area contributed by atoms with Gasteiger partial charge in [0.15, 0.2) is 11.5 Å². The first-order valence-electron chi connectivity index (χ1n) is 10.0. The Balaban J connectivity index is 1.83. The molecule has 0 fully saturated rings. The van der Waals surface area contributed by atoms with E-state index in [2.05, 4.69) is 5.32 Å². The van der Waals surface area contributed by atoms with E-state index >= 15 is 0 Å². The molecule has 31 heavy (non-hydrogen) atoms. The molecular weight excluding hydrogens is 420 g/mol. The highest BCUT2D eigenvalue weighted by molar-refractivity contribution is 7.89. The largest absolute Gasteiger partial charge is 0.493 e. The first-order chi connectivity index (χ1) is 14.8. The molecule has 0 atom stereocenters. The number of fused-ring (bicyclic) bond motifs is 1. The fourth-order valence-corrected chi connectivity index (χ4v) is 5.13. The number of nitrogens with zero attached hydrogens (tertiary/aromatic N) is 1. The quantitative estimate of drug-likeness (QED) is 0.667. The number of methoxy groups -OCH3 is 3. The van der Waals surface area contributed by atoms with E-state index < -0.39 is 10.0 Å². The van der Waals surface area contributed by atoms with Crippen LogP contribution in [0.25, 0.3) is 0 Å². The number of ether oxygens (including phenoxy) is 3. The zero-order chi connectivity index (χ0) is 22.6. The van der Waals surface area contributed by atoms with Crippen LogP contribution in [0.4, 0.5) is 5.69 Å². The molecule has 1 N–H and O–H groups in total. The van der Waals surface area contributed by atoms with Crippen molar-refractivity contribution in [2.75, 3.05) is 38.9 Å². The lowest BCUT2D eigenvalue weighted by Crippen LogP contribution is -2.37. The Kier molecular flexibility index (Phi) is 7.07. The van der Waals surface area contributed by atoms with Crippen LogP contribution in [0.3, 0.4) is 0 Å². The van der Waals surface area contributed by atoms with Gasteiger partial charge >= 0.3 is 0 Å². The predicted octanol–water partition coefficient (Wildman–Crippen LogP) is 3.06. The number of carbonyl (C=O) groups excluding carboxylic acids is 1. The lowest BCUT2D eigenvalue weighted by atomic mass is 10.0. The summed E-state index contributed by atoms with van der Waals surface area (Å²) in [5, 5.41) is 2.87. The van der Waals surface area contributed by atoms with Gasteiger partial charge in [0.2, 0.25) is 15.8 Å². The van der Waals surface area contributed by atoms with Crippen molar-refractivity contribution in [2.24, 2.45) is 0 Å². The summed E-state index contributed by atoms with van der Waals surface area (Å²) in [6.07, 6.45) is 1.23. The van der Waals surface area contributed by atoms with Gasteiger partial charge in [-0.25, -0.2) is 8.42 Å². The smallest absolute Gasteiger partial charge is 0.255 e. The molecule has 8 nitrogen and oxygen atoms in total. The van der Waals surface area contributed by atoms with Crippen molar-refractivity contribution in [2.45, 2.75) is 26.3 Å². The SMILES string of the molecule is CCCS(=O)(=O)N1CCc2ccc(NC(=O)c3cc(OC)c(OC)c(OC)c3)cc2C1. The van der Waals surface area contributed by atoms with Crippen LogP contribution in [0.1, 0.15) is 34.8 Å². The van der Waals surface area contributed by atoms with Crippen molar-refractivity contribution in [3.05, 3.63) is 47.0 Å². The van der Waals surface area contributed by atoms with Gasteiger partial charge in [-0.2, -0.15) is 4.31 Å². The summed E-state index contributed by atoms with van der Waals surface area (Å²) in [6.45, 7) is 2.64. The number of hydrogen-bond donors (Lipinski definition) is 1. The number of carbonyl (C=O) groups is 1. The second-order valence-corrected chi connectivity index (χ2v) is 9.34. The van der Waals surface area contributed by atoms with E-state index in [-0.39, 0.29) is 11.7 Å². The Hall–Kier alpha value is -2.78. The third-order valence-corrected chi connectivity index (χ3v) is 7.25. The van der Waals surface area contributed by atoms with Gasteiger partial charge in [0.25, 0.3) is 5.91 Å². The summed E-state index contributed by atoms with van der Waals surface area (Å²) in [6, 6.07) is 8.75. The first-order valence-corrected chi connectivity index (χ1v) is 11.6. The van der Waals surface area contributed by atoms with E-state index in [1.54, 1.807) is 12.1 Å². The molecule has 0 radical (unpaired) electrons. The molecule has 0 aromatic heterocycles. The Labute approximate surface area is 183 Å². The van der Waals surface area contributed by atoms with Crippen molar-refractivity contribution in [3.63, 3.8) is 0 Å². The molecule has 0 aliphatic carbocycles. The van der Waals surface area contributed by atoms with E-state index in [0.29, 0.717) is 54.4 Å². The van der Waals surface area contributed by atoms with Crippen LogP contribution in [-0.4, -0.2) is 52.3 Å². The standard InChI is InChI=1S/C22H28N2O6S/c1-5-10-31(26,27)24-9-8-15-6-7-18(11-17(15)14-24)23-22(25)16-12-19(28-2)21(30-4)20(13-16)29-3/h6-7,11-13H,5,8-10,14H2,1-4H3,(H,23,25). The van der Waals surface area contributed by atoms with Crippen molar-refractivity contribution in [1.82, 2.24) is 4.31 Å². The molecule has 0 spiro atoms. The highest BCUT2D eigenvalue weighted by Crippen LogP contribution is 2.38. The van der Waals surface area contributed by atoms with Crippen molar-refractivity contribution >= 4 is 21.6 Å². The molecular formula is C22H28N2O6S. The molecule has 1 amide bonds. The van der Waals surface area contributed by atoms with E-state index in [4.69, 9.17) is 14.2 Å². The molecule has 1 aliphatic heterocycles. The van der Waals surface area contributed by atoms with Crippen molar-refractivity contribution in [1.29, 1.82) is 0 Å². The Morgan fingerprint density at radius 1 is 1.03 bits per heavy atom. The number of benzene rings is 2. The summed E-state index contributed by atoms with van der Waals surface area (Å²) in [5.74, 6) is 0.970. The van der Waals surface area contributed by atoms with E-state index in [9.17, 15) is 13.2 Å². The normalized spacial score (nSPS) is 13.9. The lowest BCUT2D eigenvalue weighted by Gasteiger charge is -2.28. The zero-order valence-corrected chi connectivity index (χ0v) is 19.0. The van der Waals surface area contributed by atoms with Gasteiger partial charge in [-0.05, 0) is 48.2 Å². The minimum atomic E-state index is -3.27. The average Bonchev–Trinajstić information content (AvgIpc) is 2.77. The summed E-state index contributed by atoms with van der Waals surface area (Å²) >= 11 is 0. The number of amides is 1. The minimum Gasteiger partial charge on any atom is -0.493 e. The average molecular weight is 449 g/mol. The van der Waals surface area contributed by atoms with Gasteiger partial charge in [-0.15, -0.1) is 0 Å². The Morgan fingerprint density at radius 2 is 1.71 bits per heavy atom. The fraction of sp³-hybridized carbons (Fsp3) is 0.409. The highest BCUT2D eigenvalue weighted by atomic mass is 32.2. The molecule has 1 heterocycles. The topological polar surface area (TPSA) is 94.2 Å². The van der Waals surface area contributed by atoms with Crippen LogP contribution in [0.5, 0.6) is 17.2 Å². The molecule has 2 aromatic carbocycles. The van der Waals surface area contributed by atoms with E-state index in [1.807, 2.05) is 25.1 Å². The Bertz CT molecular complexity index is 1040. The molecule has 0 unspecified atom stereocenters. The van der Waals surface area contributed by atoms with Gasteiger partial charge in [0.1, 0.15) is 0 Å². The maximum Gasteiger partial charge on any atom is 0.255 e. The molecule has 0 saturated heterocycles. The van der Waals surface area contributed by atoms with Crippen LogP contribution in [0, 0.1) is 0 Å². The molecule has 3 rings (SSSR count). The van der Waals surface area contributed by atoms with Crippen molar-refractivity contribution < 1.29 is 27.4 Å². The Morgan fingerprint density at radius 3 is 2.29 bits per heavy atom. The van der Waals surface area contributed by atoms with Gasteiger partial charge in [0.05, 0.1) is 27.1 Å². The maximum atomic E-state index is 12.9. The third-order valence-electron chi connectivity index (χ3n) is 5.22. The summed E-state index contributed by atoms with van der Waals surface area (Å²) < 4.78 is 42.3. The lowest BCUT2D eigenvalue weighted by molar-refractivity contribution is 0.102. The van der Waals surface area contributed by atoms with Gasteiger partial charge < -0.3 is 19.5 Å². The molecule has 0 bridgehead atoms. The number of sulfonamides is 1. The van der Waals surface area contributed by atoms with Gasteiger partial charge in [0, 0.05) is 24.3 Å². The van der Waals surface area contributed by atoms with Crippen LogP contribution in [0.15, 0.2) is 30.3 Å². The minimum absolute atomic E-state index is 0.139. The van der Waals surface area contributed by atoms with E-state index in [0.717, 1.165) is 11.1 Å². The number of rotatable bonds is 8. The first kappa shape index (κ1) is 22.9. The second-order valence-electron chi connectivity index (χ2n) is 7.25. The predicted molar refractivity (Wildman–Crippen MR) is 119 cm³/mol. The fourth-order valence-electron chi connectivity index (χ4n) is 3.65.